The van der Waals surface area contributed by atoms with Gasteiger partial charge in [-0.25, -0.2) is 5.43 Å². The van der Waals surface area contributed by atoms with E-state index in [0.717, 1.165) is 28.5 Å². The number of hydrogen-bond donors (Lipinski definition) is 2. The molecule has 37 heavy (non-hydrogen) atoms. The Morgan fingerprint density at radius 1 is 1.08 bits per heavy atom. The molecular formula is C27H27ClN6O2S. The van der Waals surface area contributed by atoms with Crippen LogP contribution < -0.4 is 15.5 Å². The van der Waals surface area contributed by atoms with Crippen LogP contribution >= 0.6 is 23.4 Å². The zero-order valence-corrected chi connectivity index (χ0v) is 22.0. The highest BCUT2D eigenvalue weighted by atomic mass is 35.5. The molecule has 0 saturated heterocycles. The van der Waals surface area contributed by atoms with Crippen LogP contribution in [0.2, 0.25) is 5.02 Å². The predicted molar refractivity (Wildman–Crippen MR) is 149 cm³/mol. The van der Waals surface area contributed by atoms with Gasteiger partial charge in [-0.05, 0) is 67.9 Å². The number of hydrogen-bond acceptors (Lipinski definition) is 7. The number of para-hydroxylation sites is 1. The number of carbonyl (C=O) groups excluding carboxylic acids is 1. The Balaban J connectivity index is 1.45. The van der Waals surface area contributed by atoms with Crippen LogP contribution in [0, 0.1) is 0 Å². The van der Waals surface area contributed by atoms with Gasteiger partial charge in [-0.3, -0.25) is 9.36 Å². The number of nitrogens with zero attached hydrogens (tertiary/aromatic N) is 4. The number of ether oxygens (including phenoxy) is 1. The van der Waals surface area contributed by atoms with E-state index in [2.05, 4.69) is 26.0 Å². The Hall–Kier alpha value is -3.82. The summed E-state index contributed by atoms with van der Waals surface area (Å²) in [6, 6.07) is 24.8. The van der Waals surface area contributed by atoms with Crippen molar-refractivity contribution in [2.24, 2.45) is 5.10 Å². The maximum Gasteiger partial charge on any atom is 0.253 e. The van der Waals surface area contributed by atoms with E-state index in [0.29, 0.717) is 23.3 Å². The standard InChI is InChI=1S/C27H27ClN6O2S/c1-3-36-24-15-13-22(14-16-24)29-18-25-31-33-27(34(25)23-7-5-4-6-8-23)37-19(2)26(35)32-30-17-20-9-11-21(28)12-10-20/h4-17,19,29H,3,18H2,1-2H3,(H,32,35)/b30-17-/t19-/m0/s1. The first-order valence-corrected chi connectivity index (χ1v) is 13.0. The Morgan fingerprint density at radius 3 is 2.51 bits per heavy atom. The van der Waals surface area contributed by atoms with Crippen LogP contribution in [0.15, 0.2) is 89.1 Å². The van der Waals surface area contributed by atoms with Crippen molar-refractivity contribution in [2.75, 3.05) is 11.9 Å². The smallest absolute Gasteiger partial charge is 0.253 e. The lowest BCUT2D eigenvalue weighted by Crippen LogP contribution is -2.27. The monoisotopic (exact) mass is 534 g/mol. The molecule has 0 unspecified atom stereocenters. The highest BCUT2D eigenvalue weighted by Crippen LogP contribution is 2.26. The van der Waals surface area contributed by atoms with Gasteiger partial charge >= 0.3 is 0 Å². The van der Waals surface area contributed by atoms with E-state index in [4.69, 9.17) is 16.3 Å². The van der Waals surface area contributed by atoms with Gasteiger partial charge in [-0.2, -0.15) is 5.10 Å². The molecule has 8 nitrogen and oxygen atoms in total. The summed E-state index contributed by atoms with van der Waals surface area (Å²) in [4.78, 5) is 12.7. The molecule has 0 aliphatic carbocycles. The van der Waals surface area contributed by atoms with E-state index >= 15 is 0 Å². The van der Waals surface area contributed by atoms with Crippen LogP contribution in [0.3, 0.4) is 0 Å². The number of nitrogens with one attached hydrogen (secondary N) is 2. The van der Waals surface area contributed by atoms with E-state index in [-0.39, 0.29) is 5.91 Å². The lowest BCUT2D eigenvalue weighted by molar-refractivity contribution is -0.120. The number of hydrazone groups is 1. The minimum atomic E-state index is -0.457. The number of rotatable bonds is 11. The molecule has 0 radical (unpaired) electrons. The summed E-state index contributed by atoms with van der Waals surface area (Å²) in [5, 5.41) is 17.0. The van der Waals surface area contributed by atoms with Crippen molar-refractivity contribution in [2.45, 2.75) is 30.8 Å². The summed E-state index contributed by atoms with van der Waals surface area (Å²) in [7, 11) is 0. The Morgan fingerprint density at radius 2 is 1.81 bits per heavy atom. The molecule has 10 heteroatoms. The predicted octanol–water partition coefficient (Wildman–Crippen LogP) is 5.56. The Bertz CT molecular complexity index is 1330. The lowest BCUT2D eigenvalue weighted by atomic mass is 10.2. The van der Waals surface area contributed by atoms with Gasteiger partial charge in [0.15, 0.2) is 11.0 Å². The van der Waals surface area contributed by atoms with Gasteiger partial charge in [0.25, 0.3) is 5.91 Å². The normalized spacial score (nSPS) is 11.9. The molecule has 0 bridgehead atoms. The molecule has 0 aliphatic heterocycles. The van der Waals surface area contributed by atoms with Crippen molar-refractivity contribution < 1.29 is 9.53 Å². The van der Waals surface area contributed by atoms with Gasteiger partial charge in [-0.15, -0.1) is 10.2 Å². The van der Waals surface area contributed by atoms with Crippen LogP contribution in [0.4, 0.5) is 5.69 Å². The average Bonchev–Trinajstić information content (AvgIpc) is 3.32. The first-order valence-electron chi connectivity index (χ1n) is 11.7. The van der Waals surface area contributed by atoms with Crippen molar-refractivity contribution in [3.05, 3.63) is 95.3 Å². The highest BCUT2D eigenvalue weighted by molar-refractivity contribution is 8.00. The number of benzene rings is 3. The molecule has 3 aromatic carbocycles. The topological polar surface area (TPSA) is 93.4 Å². The third-order valence-electron chi connectivity index (χ3n) is 5.24. The first kappa shape index (κ1) is 26.2. The van der Waals surface area contributed by atoms with Gasteiger partial charge in [0, 0.05) is 16.4 Å². The van der Waals surface area contributed by atoms with Gasteiger partial charge in [-0.1, -0.05) is 53.7 Å². The molecule has 190 valence electrons. The number of amides is 1. The molecular weight excluding hydrogens is 508 g/mol. The summed E-state index contributed by atoms with van der Waals surface area (Å²) in [5.41, 5.74) is 5.27. The second kappa shape index (κ2) is 12.9. The maximum absolute atomic E-state index is 12.7. The summed E-state index contributed by atoms with van der Waals surface area (Å²) in [5.74, 6) is 1.30. The van der Waals surface area contributed by atoms with Crippen molar-refractivity contribution in [3.63, 3.8) is 0 Å². The molecule has 0 fully saturated rings. The minimum absolute atomic E-state index is 0.244. The fraction of sp³-hybridized carbons (Fsp3) is 0.185. The van der Waals surface area contributed by atoms with Crippen LogP contribution in [-0.2, 0) is 11.3 Å². The molecule has 0 aliphatic rings. The van der Waals surface area contributed by atoms with E-state index in [9.17, 15) is 4.79 Å². The maximum atomic E-state index is 12.7. The zero-order valence-electron chi connectivity index (χ0n) is 20.5. The van der Waals surface area contributed by atoms with E-state index in [1.54, 1.807) is 25.3 Å². The number of anilines is 1. The van der Waals surface area contributed by atoms with Crippen molar-refractivity contribution in [1.82, 2.24) is 20.2 Å². The van der Waals surface area contributed by atoms with Gasteiger partial charge in [0.05, 0.1) is 24.6 Å². The molecule has 1 amide bonds. The zero-order chi connectivity index (χ0) is 26.0. The fourth-order valence-corrected chi connectivity index (χ4v) is 4.37. The summed E-state index contributed by atoms with van der Waals surface area (Å²) in [6.45, 7) is 4.83. The van der Waals surface area contributed by atoms with E-state index < -0.39 is 5.25 Å². The molecule has 0 spiro atoms. The molecule has 2 N–H and O–H groups in total. The number of carbonyl (C=O) groups is 1. The third kappa shape index (κ3) is 7.34. The first-order chi connectivity index (χ1) is 18.0. The minimum Gasteiger partial charge on any atom is -0.494 e. The molecule has 1 atom stereocenters. The second-order valence-electron chi connectivity index (χ2n) is 7.93. The molecule has 4 rings (SSSR count). The van der Waals surface area contributed by atoms with E-state index in [1.165, 1.54) is 11.8 Å². The molecule has 1 aromatic heterocycles. The number of aromatic nitrogens is 3. The number of thioether (sulfide) groups is 1. The Kier molecular flexibility index (Phi) is 9.18. The fourth-order valence-electron chi connectivity index (χ4n) is 3.37. The summed E-state index contributed by atoms with van der Waals surface area (Å²) in [6.07, 6.45) is 1.57. The van der Waals surface area contributed by atoms with Gasteiger partial charge in [0.2, 0.25) is 0 Å². The largest absolute Gasteiger partial charge is 0.494 e. The average molecular weight is 535 g/mol. The highest BCUT2D eigenvalue weighted by Gasteiger charge is 2.21. The summed E-state index contributed by atoms with van der Waals surface area (Å²) < 4.78 is 7.46. The van der Waals surface area contributed by atoms with Crippen LogP contribution in [-0.4, -0.2) is 38.7 Å². The summed E-state index contributed by atoms with van der Waals surface area (Å²) >= 11 is 7.21. The van der Waals surface area contributed by atoms with Crippen molar-refractivity contribution in [3.8, 4) is 11.4 Å². The SMILES string of the molecule is CCOc1ccc(NCc2nnc(S[C@@H](C)C(=O)N/N=C\c3ccc(Cl)cc3)n2-c2ccccc2)cc1. The van der Waals surface area contributed by atoms with Crippen molar-refractivity contribution >= 4 is 41.2 Å². The van der Waals surface area contributed by atoms with Crippen LogP contribution in [0.5, 0.6) is 5.75 Å². The molecule has 0 saturated carbocycles. The lowest BCUT2D eigenvalue weighted by Gasteiger charge is -2.13. The van der Waals surface area contributed by atoms with Gasteiger partial charge in [0.1, 0.15) is 5.75 Å². The second-order valence-corrected chi connectivity index (χ2v) is 9.67. The third-order valence-corrected chi connectivity index (χ3v) is 6.54. The number of halogens is 1. The molecule has 1 heterocycles. The quantitative estimate of drug-likeness (QED) is 0.149. The Labute approximate surface area is 225 Å². The van der Waals surface area contributed by atoms with Crippen molar-refractivity contribution in [1.29, 1.82) is 0 Å². The van der Waals surface area contributed by atoms with Gasteiger partial charge < -0.3 is 10.1 Å². The van der Waals surface area contributed by atoms with Crippen LogP contribution in [0.25, 0.3) is 5.69 Å². The van der Waals surface area contributed by atoms with Crippen LogP contribution in [0.1, 0.15) is 25.2 Å². The van der Waals surface area contributed by atoms with E-state index in [1.807, 2.05) is 78.2 Å². The molecule has 4 aromatic rings.